The molecule has 154 valence electrons. The first kappa shape index (κ1) is 22.3. The lowest BCUT2D eigenvalue weighted by molar-refractivity contribution is -0.136. The number of benzene rings is 2. The highest BCUT2D eigenvalue weighted by Gasteiger charge is 2.14. The van der Waals surface area contributed by atoms with Crippen LogP contribution in [0.15, 0.2) is 52.5 Å². The lowest BCUT2D eigenvalue weighted by Crippen LogP contribution is -2.26. The Morgan fingerprint density at radius 2 is 1.72 bits per heavy atom. The summed E-state index contributed by atoms with van der Waals surface area (Å²) in [6, 6.07) is 11.4. The van der Waals surface area contributed by atoms with Gasteiger partial charge in [-0.2, -0.15) is 5.10 Å². The molecule has 2 rings (SSSR count). The number of carbonyl (C=O) groups excluding carboxylic acids is 1. The number of sulfonamides is 1. The Morgan fingerprint density at radius 1 is 1.07 bits per heavy atom. The van der Waals surface area contributed by atoms with Crippen molar-refractivity contribution >= 4 is 27.6 Å². The van der Waals surface area contributed by atoms with E-state index in [0.29, 0.717) is 16.8 Å². The Morgan fingerprint density at radius 3 is 2.31 bits per heavy atom. The first-order chi connectivity index (χ1) is 13.6. The summed E-state index contributed by atoms with van der Waals surface area (Å²) in [6.07, 6.45) is -0.302. The van der Waals surface area contributed by atoms with Gasteiger partial charge in [-0.25, -0.2) is 18.6 Å². The van der Waals surface area contributed by atoms with Crippen LogP contribution in [0.25, 0.3) is 0 Å². The highest BCUT2D eigenvalue weighted by Crippen LogP contribution is 2.12. The molecular formula is C20H23N3O5S. The summed E-state index contributed by atoms with van der Waals surface area (Å²) in [5, 5.41) is 12.7. The van der Waals surface area contributed by atoms with Gasteiger partial charge in [0.25, 0.3) is 5.91 Å². The molecular weight excluding hydrogens is 394 g/mol. The molecule has 0 atom stereocenters. The number of amides is 1. The lowest BCUT2D eigenvalue weighted by atomic mass is 10.1. The van der Waals surface area contributed by atoms with Crippen LogP contribution in [0.3, 0.4) is 0 Å². The van der Waals surface area contributed by atoms with E-state index in [-0.39, 0.29) is 23.8 Å². The minimum atomic E-state index is -3.79. The van der Waals surface area contributed by atoms with E-state index in [1.54, 1.807) is 25.1 Å². The highest BCUT2D eigenvalue weighted by atomic mass is 32.2. The fraction of sp³-hybridized carbons (Fsp3) is 0.250. The summed E-state index contributed by atoms with van der Waals surface area (Å²) in [7, 11) is -3.79. The average molecular weight is 417 g/mol. The first-order valence-electron chi connectivity index (χ1n) is 8.84. The molecule has 0 unspecified atom stereocenters. The van der Waals surface area contributed by atoms with Crippen molar-refractivity contribution in [1.29, 1.82) is 0 Å². The molecule has 8 nitrogen and oxygen atoms in total. The van der Waals surface area contributed by atoms with Crippen molar-refractivity contribution < 1.29 is 23.1 Å². The van der Waals surface area contributed by atoms with E-state index in [0.717, 1.165) is 11.1 Å². The predicted molar refractivity (Wildman–Crippen MR) is 109 cm³/mol. The van der Waals surface area contributed by atoms with E-state index in [2.05, 4.69) is 15.2 Å². The maximum atomic E-state index is 12.3. The number of carboxylic acid groups (broad SMARTS) is 1. The van der Waals surface area contributed by atoms with Crippen LogP contribution in [0.1, 0.15) is 40.4 Å². The van der Waals surface area contributed by atoms with Crippen molar-refractivity contribution in [2.75, 3.05) is 6.54 Å². The van der Waals surface area contributed by atoms with Crippen molar-refractivity contribution in [2.45, 2.75) is 32.1 Å². The number of aliphatic carboxylic acids is 1. The van der Waals surface area contributed by atoms with Gasteiger partial charge in [-0.1, -0.05) is 29.8 Å². The van der Waals surface area contributed by atoms with Gasteiger partial charge in [-0.05, 0) is 50.1 Å². The van der Waals surface area contributed by atoms with Crippen LogP contribution < -0.4 is 10.1 Å². The third kappa shape index (κ3) is 6.23. The largest absolute Gasteiger partial charge is 0.481 e. The molecule has 0 aliphatic heterocycles. The molecule has 2 aromatic rings. The third-order valence-electron chi connectivity index (χ3n) is 4.17. The Kier molecular flexibility index (Phi) is 7.24. The summed E-state index contributed by atoms with van der Waals surface area (Å²) >= 11 is 0. The average Bonchev–Trinajstić information content (AvgIpc) is 2.65. The molecule has 0 aromatic heterocycles. The second kappa shape index (κ2) is 9.44. The van der Waals surface area contributed by atoms with E-state index >= 15 is 0 Å². The van der Waals surface area contributed by atoms with Crippen LogP contribution in [-0.4, -0.2) is 37.7 Å². The van der Waals surface area contributed by atoms with Gasteiger partial charge < -0.3 is 5.11 Å². The number of aryl methyl sites for hydroxylation is 2. The number of hydrazone groups is 1. The smallest absolute Gasteiger partial charge is 0.304 e. The number of hydrogen-bond acceptors (Lipinski definition) is 5. The van der Waals surface area contributed by atoms with Crippen LogP contribution in [-0.2, 0) is 14.8 Å². The van der Waals surface area contributed by atoms with E-state index in [9.17, 15) is 18.0 Å². The van der Waals surface area contributed by atoms with Gasteiger partial charge >= 0.3 is 5.97 Å². The molecule has 3 N–H and O–H groups in total. The molecule has 0 spiro atoms. The Balaban J connectivity index is 2.06. The van der Waals surface area contributed by atoms with Crippen molar-refractivity contribution in [3.63, 3.8) is 0 Å². The fourth-order valence-corrected chi connectivity index (χ4v) is 3.61. The molecule has 0 bridgehead atoms. The predicted octanol–water partition coefficient (Wildman–Crippen LogP) is 2.21. The fourth-order valence-electron chi connectivity index (χ4n) is 2.58. The lowest BCUT2D eigenvalue weighted by Gasteiger charge is -2.08. The molecule has 2 aromatic carbocycles. The molecule has 0 aliphatic rings. The maximum Gasteiger partial charge on any atom is 0.304 e. The van der Waals surface area contributed by atoms with Crippen molar-refractivity contribution in [3.8, 4) is 0 Å². The molecule has 0 saturated carbocycles. The van der Waals surface area contributed by atoms with Crippen LogP contribution in [0, 0.1) is 13.8 Å². The van der Waals surface area contributed by atoms with Gasteiger partial charge in [0.1, 0.15) is 0 Å². The minimum Gasteiger partial charge on any atom is -0.481 e. The molecule has 0 aliphatic carbocycles. The summed E-state index contributed by atoms with van der Waals surface area (Å²) in [6.45, 7) is 5.30. The van der Waals surface area contributed by atoms with E-state index in [1.807, 2.05) is 26.0 Å². The van der Waals surface area contributed by atoms with Crippen molar-refractivity contribution in [1.82, 2.24) is 10.1 Å². The molecule has 9 heteroatoms. The normalized spacial score (nSPS) is 11.9. The zero-order chi connectivity index (χ0) is 21.6. The molecule has 29 heavy (non-hydrogen) atoms. The van der Waals surface area contributed by atoms with Gasteiger partial charge in [0, 0.05) is 12.1 Å². The summed E-state index contributed by atoms with van der Waals surface area (Å²) in [5.41, 5.74) is 6.08. The molecule has 0 radical (unpaired) electrons. The number of nitrogens with one attached hydrogen (secondary N) is 2. The molecule has 1 amide bonds. The number of carbonyl (C=O) groups is 2. The van der Waals surface area contributed by atoms with Gasteiger partial charge in [0.15, 0.2) is 0 Å². The third-order valence-corrected chi connectivity index (χ3v) is 5.64. The van der Waals surface area contributed by atoms with Crippen molar-refractivity contribution in [3.05, 3.63) is 64.7 Å². The second-order valence-electron chi connectivity index (χ2n) is 6.52. The van der Waals surface area contributed by atoms with E-state index in [4.69, 9.17) is 5.11 Å². The topological polar surface area (TPSA) is 125 Å². The number of nitrogens with zero attached hydrogens (tertiary/aromatic N) is 1. The summed E-state index contributed by atoms with van der Waals surface area (Å²) in [5.74, 6) is -1.42. The Bertz CT molecular complexity index is 1040. The highest BCUT2D eigenvalue weighted by molar-refractivity contribution is 7.89. The van der Waals surface area contributed by atoms with E-state index in [1.165, 1.54) is 12.1 Å². The van der Waals surface area contributed by atoms with Gasteiger partial charge in [0.05, 0.1) is 17.0 Å². The van der Waals surface area contributed by atoms with Gasteiger partial charge in [-0.3, -0.25) is 9.59 Å². The second-order valence-corrected chi connectivity index (χ2v) is 8.29. The van der Waals surface area contributed by atoms with Gasteiger partial charge in [0.2, 0.25) is 10.0 Å². The molecule has 0 fully saturated rings. The van der Waals surface area contributed by atoms with Gasteiger partial charge in [-0.15, -0.1) is 0 Å². The first-order valence-corrected chi connectivity index (χ1v) is 10.3. The standard InChI is InChI=1S/C20H23N3O5S/c1-13-4-9-18(14(2)12-13)20(26)23-22-15(3)16-5-7-17(8-6-16)29(27,28)21-11-10-19(24)25/h4-9,12,21H,10-11H2,1-3H3,(H,23,26)(H,24,25). The van der Waals surface area contributed by atoms with Crippen LogP contribution in [0.2, 0.25) is 0 Å². The monoisotopic (exact) mass is 417 g/mol. The zero-order valence-corrected chi connectivity index (χ0v) is 17.2. The number of hydrogen-bond donors (Lipinski definition) is 3. The quantitative estimate of drug-likeness (QED) is 0.449. The summed E-state index contributed by atoms with van der Waals surface area (Å²) in [4.78, 5) is 22.8. The SMILES string of the molecule is CC(=NNC(=O)c1ccc(C)cc1C)c1ccc(S(=O)(=O)NCCC(=O)O)cc1. The van der Waals surface area contributed by atoms with Crippen molar-refractivity contribution in [2.24, 2.45) is 5.10 Å². The zero-order valence-electron chi connectivity index (χ0n) is 16.4. The van der Waals surface area contributed by atoms with E-state index < -0.39 is 16.0 Å². The number of carboxylic acids is 1. The van der Waals surface area contributed by atoms with Crippen LogP contribution in [0.4, 0.5) is 0 Å². The Labute approximate surface area is 169 Å². The summed E-state index contributed by atoms with van der Waals surface area (Å²) < 4.78 is 26.5. The van der Waals surface area contributed by atoms with Crippen LogP contribution >= 0.6 is 0 Å². The Hall–Kier alpha value is -3.04. The molecule has 0 saturated heterocycles. The number of rotatable bonds is 8. The molecule has 0 heterocycles. The maximum absolute atomic E-state index is 12.3. The van der Waals surface area contributed by atoms with Crippen LogP contribution in [0.5, 0.6) is 0 Å². The minimum absolute atomic E-state index is 0.0127.